The molecule has 0 aliphatic carbocycles. The van der Waals surface area contributed by atoms with Crippen LogP contribution in [0.2, 0.25) is 0 Å². The average Bonchev–Trinajstić information content (AvgIpc) is 3.34. The van der Waals surface area contributed by atoms with Crippen LogP contribution in [0.5, 0.6) is 0 Å². The topological polar surface area (TPSA) is 54.1 Å². The molecule has 2 aromatic carbocycles. The number of nitrogens with one attached hydrogen (secondary N) is 2. The van der Waals surface area contributed by atoms with E-state index in [1.165, 1.54) is 15.8 Å². The fourth-order valence-electron chi connectivity index (χ4n) is 3.50. The third kappa shape index (κ3) is 3.53. The van der Waals surface area contributed by atoms with Crippen molar-refractivity contribution < 1.29 is 9.53 Å². The molecule has 0 saturated carbocycles. The Labute approximate surface area is 168 Å². The summed E-state index contributed by atoms with van der Waals surface area (Å²) in [6.07, 6.45) is 0. The number of H-pyrrole nitrogens is 1. The summed E-state index contributed by atoms with van der Waals surface area (Å²) < 4.78 is 5.07. The Kier molecular flexibility index (Phi) is 5.17. The van der Waals surface area contributed by atoms with Gasteiger partial charge in [0.05, 0.1) is 18.2 Å². The van der Waals surface area contributed by atoms with E-state index in [-0.39, 0.29) is 12.0 Å². The van der Waals surface area contributed by atoms with E-state index in [1.807, 2.05) is 25.1 Å². The number of carbonyl (C=O) groups is 1. The standard InChI is InChI=1S/C23H22N2O2S/c1-3-27-23(26)16-10-12-17(13-11-16)25-22(20-9-6-14-28-20)21-15(2)24-19-8-5-4-7-18(19)21/h4-14,22,24-25H,3H2,1-2H3. The second kappa shape index (κ2) is 7.90. The van der Waals surface area contributed by atoms with Crippen LogP contribution in [0.1, 0.15) is 39.5 Å². The first kappa shape index (κ1) is 18.3. The monoisotopic (exact) mass is 390 g/mol. The van der Waals surface area contributed by atoms with Gasteiger partial charge in [0, 0.05) is 32.7 Å². The number of fused-ring (bicyclic) bond motifs is 1. The predicted octanol–water partition coefficient (Wildman–Crippen LogP) is 5.92. The Balaban J connectivity index is 1.70. The van der Waals surface area contributed by atoms with Gasteiger partial charge in [0.15, 0.2) is 0 Å². The highest BCUT2D eigenvalue weighted by Gasteiger charge is 2.21. The number of rotatable bonds is 6. The van der Waals surface area contributed by atoms with Crippen LogP contribution in [0.25, 0.3) is 10.9 Å². The Bertz CT molecular complexity index is 1080. The summed E-state index contributed by atoms with van der Waals surface area (Å²) in [6, 6.07) is 20.1. The van der Waals surface area contributed by atoms with Gasteiger partial charge in [0.25, 0.3) is 0 Å². The van der Waals surface area contributed by atoms with Crippen LogP contribution in [0.3, 0.4) is 0 Å². The maximum Gasteiger partial charge on any atom is 0.338 e. The van der Waals surface area contributed by atoms with Gasteiger partial charge in [0.1, 0.15) is 0 Å². The number of aromatic nitrogens is 1. The van der Waals surface area contributed by atoms with Crippen molar-refractivity contribution in [3.63, 3.8) is 0 Å². The lowest BCUT2D eigenvalue weighted by atomic mass is 10.0. The second-order valence-electron chi connectivity index (χ2n) is 6.60. The Morgan fingerprint density at radius 1 is 1.11 bits per heavy atom. The molecule has 142 valence electrons. The number of benzene rings is 2. The van der Waals surface area contributed by atoms with Gasteiger partial charge < -0.3 is 15.0 Å². The largest absolute Gasteiger partial charge is 0.462 e. The number of aromatic amines is 1. The molecular formula is C23H22N2O2S. The van der Waals surface area contributed by atoms with Gasteiger partial charge >= 0.3 is 5.97 Å². The Morgan fingerprint density at radius 3 is 2.61 bits per heavy atom. The van der Waals surface area contributed by atoms with Crippen LogP contribution in [0.4, 0.5) is 5.69 Å². The molecule has 2 heterocycles. The van der Waals surface area contributed by atoms with Crippen molar-refractivity contribution in [2.45, 2.75) is 19.9 Å². The third-order valence-electron chi connectivity index (χ3n) is 4.77. The van der Waals surface area contributed by atoms with Crippen LogP contribution in [0.15, 0.2) is 66.0 Å². The fourth-order valence-corrected chi connectivity index (χ4v) is 4.28. The minimum Gasteiger partial charge on any atom is -0.462 e. The molecule has 2 aromatic heterocycles. The molecule has 0 fully saturated rings. The van der Waals surface area contributed by atoms with E-state index in [2.05, 4.69) is 52.9 Å². The molecular weight excluding hydrogens is 368 g/mol. The molecule has 0 saturated heterocycles. The van der Waals surface area contributed by atoms with Crippen molar-refractivity contribution in [2.24, 2.45) is 0 Å². The minimum absolute atomic E-state index is 0.0181. The van der Waals surface area contributed by atoms with Crippen LogP contribution in [-0.2, 0) is 4.74 Å². The molecule has 4 nitrogen and oxygen atoms in total. The predicted molar refractivity (Wildman–Crippen MR) is 115 cm³/mol. The van der Waals surface area contributed by atoms with Crippen molar-refractivity contribution in [3.8, 4) is 0 Å². The van der Waals surface area contributed by atoms with Gasteiger partial charge in [-0.3, -0.25) is 0 Å². The normalized spacial score (nSPS) is 12.1. The first-order chi connectivity index (χ1) is 13.7. The lowest BCUT2D eigenvalue weighted by Crippen LogP contribution is -2.12. The smallest absolute Gasteiger partial charge is 0.338 e. The number of anilines is 1. The van der Waals surface area contributed by atoms with Gasteiger partial charge in [-0.15, -0.1) is 11.3 Å². The van der Waals surface area contributed by atoms with Gasteiger partial charge in [-0.1, -0.05) is 24.3 Å². The summed E-state index contributed by atoms with van der Waals surface area (Å²) in [7, 11) is 0. The fraction of sp³-hybridized carbons (Fsp3) is 0.174. The second-order valence-corrected chi connectivity index (χ2v) is 7.58. The van der Waals surface area contributed by atoms with Crippen molar-refractivity contribution in [1.29, 1.82) is 0 Å². The molecule has 2 N–H and O–H groups in total. The maximum atomic E-state index is 11.9. The number of hydrogen-bond donors (Lipinski definition) is 2. The summed E-state index contributed by atoms with van der Waals surface area (Å²) in [5, 5.41) is 6.97. The highest BCUT2D eigenvalue weighted by Crippen LogP contribution is 2.36. The van der Waals surface area contributed by atoms with E-state index in [9.17, 15) is 4.79 Å². The molecule has 1 unspecified atom stereocenters. The molecule has 0 amide bonds. The molecule has 0 spiro atoms. The first-order valence-electron chi connectivity index (χ1n) is 9.31. The van der Waals surface area contributed by atoms with Crippen LogP contribution in [0, 0.1) is 6.92 Å². The molecule has 4 rings (SSSR count). The number of thiophene rings is 1. The van der Waals surface area contributed by atoms with Gasteiger partial charge in [-0.25, -0.2) is 4.79 Å². The zero-order valence-corrected chi connectivity index (χ0v) is 16.7. The van der Waals surface area contributed by atoms with E-state index in [4.69, 9.17) is 4.74 Å². The maximum absolute atomic E-state index is 11.9. The highest BCUT2D eigenvalue weighted by molar-refractivity contribution is 7.10. The van der Waals surface area contributed by atoms with Crippen LogP contribution < -0.4 is 5.32 Å². The summed E-state index contributed by atoms with van der Waals surface area (Å²) >= 11 is 1.73. The van der Waals surface area contributed by atoms with Crippen LogP contribution in [-0.4, -0.2) is 17.6 Å². The first-order valence-corrected chi connectivity index (χ1v) is 10.2. The quantitative estimate of drug-likeness (QED) is 0.402. The Hall–Kier alpha value is -3.05. The van der Waals surface area contributed by atoms with E-state index >= 15 is 0 Å². The minimum atomic E-state index is -0.295. The van der Waals surface area contributed by atoms with Gasteiger partial charge in [0.2, 0.25) is 0 Å². The van der Waals surface area contributed by atoms with Crippen molar-refractivity contribution in [1.82, 2.24) is 4.98 Å². The van der Waals surface area contributed by atoms with E-state index in [0.717, 1.165) is 16.9 Å². The van der Waals surface area contributed by atoms with Gasteiger partial charge in [-0.2, -0.15) is 0 Å². The number of ether oxygens (including phenoxy) is 1. The highest BCUT2D eigenvalue weighted by atomic mass is 32.1. The molecule has 28 heavy (non-hydrogen) atoms. The number of esters is 1. The van der Waals surface area contributed by atoms with Gasteiger partial charge in [-0.05, 0) is 55.6 Å². The average molecular weight is 391 g/mol. The summed E-state index contributed by atoms with van der Waals surface area (Å²) in [5.74, 6) is -0.295. The number of hydrogen-bond acceptors (Lipinski definition) is 4. The summed E-state index contributed by atoms with van der Waals surface area (Å²) in [5.41, 5.74) is 5.04. The zero-order valence-electron chi connectivity index (χ0n) is 15.9. The van der Waals surface area contributed by atoms with E-state index < -0.39 is 0 Å². The molecule has 0 bridgehead atoms. The molecule has 1 atom stereocenters. The molecule has 0 radical (unpaired) electrons. The third-order valence-corrected chi connectivity index (χ3v) is 5.70. The lowest BCUT2D eigenvalue weighted by Gasteiger charge is -2.20. The number of carbonyl (C=O) groups excluding carboxylic acids is 1. The summed E-state index contributed by atoms with van der Waals surface area (Å²) in [6.45, 7) is 4.30. The van der Waals surface area contributed by atoms with Crippen molar-refractivity contribution in [3.05, 3.63) is 87.7 Å². The molecule has 0 aliphatic rings. The lowest BCUT2D eigenvalue weighted by molar-refractivity contribution is 0.0526. The molecule has 4 aromatic rings. The SMILES string of the molecule is CCOC(=O)c1ccc(NC(c2cccs2)c2c(C)[nH]c3ccccc23)cc1. The molecule has 5 heteroatoms. The molecule has 0 aliphatic heterocycles. The number of aryl methyl sites for hydroxylation is 1. The zero-order chi connectivity index (χ0) is 19.5. The number of para-hydroxylation sites is 1. The van der Waals surface area contributed by atoms with E-state index in [1.54, 1.807) is 23.5 Å². The van der Waals surface area contributed by atoms with Crippen molar-refractivity contribution >= 4 is 33.9 Å². The van der Waals surface area contributed by atoms with Crippen molar-refractivity contribution in [2.75, 3.05) is 11.9 Å². The Morgan fingerprint density at radius 2 is 1.89 bits per heavy atom. The van der Waals surface area contributed by atoms with E-state index in [0.29, 0.717) is 12.2 Å². The summed E-state index contributed by atoms with van der Waals surface area (Å²) in [4.78, 5) is 16.6. The van der Waals surface area contributed by atoms with Crippen LogP contribution >= 0.6 is 11.3 Å².